The van der Waals surface area contributed by atoms with Crippen LogP contribution in [-0.4, -0.2) is 30.3 Å². The number of hydrogen-bond acceptors (Lipinski definition) is 4. The highest BCUT2D eigenvalue weighted by Crippen LogP contribution is 2.35. The fraction of sp³-hybridized carbons (Fsp3) is 0.240. The Morgan fingerprint density at radius 2 is 1.66 bits per heavy atom. The number of phenolic OH excluding ortho intramolecular Hbond substituents is 1. The minimum atomic E-state index is 0.259. The van der Waals surface area contributed by atoms with Gasteiger partial charge < -0.3 is 15.2 Å². The van der Waals surface area contributed by atoms with Gasteiger partial charge in [-0.25, -0.2) is 4.98 Å². The van der Waals surface area contributed by atoms with Crippen LogP contribution < -0.4 is 10.1 Å². The van der Waals surface area contributed by atoms with Crippen molar-refractivity contribution >= 4 is 11.1 Å². The van der Waals surface area contributed by atoms with Crippen molar-refractivity contribution in [3.63, 3.8) is 0 Å². The van der Waals surface area contributed by atoms with Crippen LogP contribution in [0, 0.1) is 0 Å². The van der Waals surface area contributed by atoms with Gasteiger partial charge in [-0.1, -0.05) is 49.4 Å². The number of pyridine rings is 1. The molecule has 3 aromatic rings. The zero-order valence-electron chi connectivity index (χ0n) is 17.1. The van der Waals surface area contributed by atoms with Crippen molar-refractivity contribution < 1.29 is 9.84 Å². The number of benzene rings is 2. The Labute approximate surface area is 172 Å². The molecule has 4 nitrogen and oxygen atoms in total. The van der Waals surface area contributed by atoms with Crippen LogP contribution in [0.25, 0.3) is 11.1 Å². The van der Waals surface area contributed by atoms with Crippen molar-refractivity contribution in [2.45, 2.75) is 19.8 Å². The van der Waals surface area contributed by atoms with Crippen LogP contribution in [0.2, 0.25) is 0 Å². The molecule has 1 heterocycles. The molecule has 4 heteroatoms. The zero-order valence-corrected chi connectivity index (χ0v) is 17.1. The average molecular weight is 389 g/mol. The molecule has 0 radical (unpaired) electrons. The predicted octanol–water partition coefficient (Wildman–Crippen LogP) is 5.14. The molecule has 0 unspecified atom stereocenters. The van der Waals surface area contributed by atoms with Gasteiger partial charge in [-0.05, 0) is 66.9 Å². The Hall–Kier alpha value is -3.11. The van der Waals surface area contributed by atoms with E-state index in [4.69, 9.17) is 4.74 Å². The highest BCUT2D eigenvalue weighted by molar-refractivity contribution is 5.98. The van der Waals surface area contributed by atoms with Gasteiger partial charge in [0.2, 0.25) is 5.88 Å². The molecular formula is C25H28N2O2. The molecule has 0 aliphatic carbocycles. The van der Waals surface area contributed by atoms with Crippen molar-refractivity contribution in [2.75, 3.05) is 20.2 Å². The molecule has 2 N–H and O–H groups in total. The lowest BCUT2D eigenvalue weighted by Crippen LogP contribution is -2.11. The maximum atomic E-state index is 9.73. The van der Waals surface area contributed by atoms with Crippen LogP contribution in [0.3, 0.4) is 0 Å². The molecule has 1 aromatic heterocycles. The third-order valence-corrected chi connectivity index (χ3v) is 4.78. The minimum absolute atomic E-state index is 0.259. The number of nitrogens with one attached hydrogen (secondary N) is 1. The number of aromatic nitrogens is 1. The van der Waals surface area contributed by atoms with Crippen molar-refractivity contribution in [3.05, 3.63) is 89.6 Å². The Bertz CT molecular complexity index is 917. The molecule has 0 saturated heterocycles. The number of ether oxygens (including phenoxy) is 1. The Morgan fingerprint density at radius 3 is 2.28 bits per heavy atom. The monoisotopic (exact) mass is 388 g/mol. The van der Waals surface area contributed by atoms with Crippen molar-refractivity contribution in [1.29, 1.82) is 0 Å². The molecule has 0 saturated carbocycles. The number of nitrogens with zero attached hydrogens (tertiary/aromatic N) is 1. The van der Waals surface area contributed by atoms with Crippen LogP contribution in [-0.2, 0) is 0 Å². The van der Waals surface area contributed by atoms with Gasteiger partial charge in [0, 0.05) is 17.8 Å². The third-order valence-electron chi connectivity index (χ3n) is 4.78. The predicted molar refractivity (Wildman–Crippen MR) is 119 cm³/mol. The maximum Gasteiger partial charge on any atom is 0.213 e. The molecule has 150 valence electrons. The standard InChI is InChI=1S/C25H28N2O2/c1-3-23(19-8-5-4-6-9-19)25(20-10-13-22(28)14-11-20)21-12-15-24(27-18-21)29-17-7-16-26-2/h4-6,8-15,18,26,28H,3,7,16-17H2,1-2H3/b25-23-. The van der Waals surface area contributed by atoms with E-state index >= 15 is 0 Å². The number of hydrogen-bond donors (Lipinski definition) is 2. The van der Waals surface area contributed by atoms with Gasteiger partial charge in [-0.15, -0.1) is 0 Å². The zero-order chi connectivity index (χ0) is 20.5. The Morgan fingerprint density at radius 1 is 0.931 bits per heavy atom. The van der Waals surface area contributed by atoms with Crippen molar-refractivity contribution in [1.82, 2.24) is 10.3 Å². The largest absolute Gasteiger partial charge is 0.508 e. The van der Waals surface area contributed by atoms with Gasteiger partial charge in [-0.2, -0.15) is 0 Å². The second-order valence-corrected chi connectivity index (χ2v) is 6.81. The third kappa shape index (κ3) is 5.46. The fourth-order valence-electron chi connectivity index (χ4n) is 3.35. The molecule has 0 bridgehead atoms. The summed E-state index contributed by atoms with van der Waals surface area (Å²) in [7, 11) is 1.93. The molecule has 29 heavy (non-hydrogen) atoms. The van der Waals surface area contributed by atoms with Crippen LogP contribution in [0.5, 0.6) is 11.6 Å². The lowest BCUT2D eigenvalue weighted by Gasteiger charge is -2.16. The van der Waals surface area contributed by atoms with E-state index in [-0.39, 0.29) is 5.75 Å². The summed E-state index contributed by atoms with van der Waals surface area (Å²) in [5, 5.41) is 12.8. The van der Waals surface area contributed by atoms with Gasteiger partial charge >= 0.3 is 0 Å². The van der Waals surface area contributed by atoms with E-state index in [1.807, 2.05) is 37.5 Å². The molecule has 0 amide bonds. The van der Waals surface area contributed by atoms with Gasteiger partial charge in [-0.3, -0.25) is 0 Å². The first kappa shape index (κ1) is 20.6. The lowest BCUT2D eigenvalue weighted by atomic mass is 9.89. The Balaban J connectivity index is 1.99. The number of phenols is 1. The van der Waals surface area contributed by atoms with Gasteiger partial charge in [0.05, 0.1) is 6.61 Å². The van der Waals surface area contributed by atoms with E-state index in [1.54, 1.807) is 12.1 Å². The van der Waals surface area contributed by atoms with E-state index in [9.17, 15) is 5.11 Å². The van der Waals surface area contributed by atoms with E-state index in [1.165, 1.54) is 11.1 Å². The smallest absolute Gasteiger partial charge is 0.213 e. The first-order valence-electron chi connectivity index (χ1n) is 10.0. The summed E-state index contributed by atoms with van der Waals surface area (Å²) in [6, 6.07) is 21.7. The summed E-state index contributed by atoms with van der Waals surface area (Å²) >= 11 is 0. The first-order valence-corrected chi connectivity index (χ1v) is 10.0. The number of rotatable bonds is 9. The van der Waals surface area contributed by atoms with E-state index < -0.39 is 0 Å². The summed E-state index contributed by atoms with van der Waals surface area (Å²) < 4.78 is 5.74. The van der Waals surface area contributed by atoms with E-state index in [0.717, 1.165) is 36.1 Å². The highest BCUT2D eigenvalue weighted by atomic mass is 16.5. The molecular weight excluding hydrogens is 360 g/mol. The highest BCUT2D eigenvalue weighted by Gasteiger charge is 2.14. The van der Waals surface area contributed by atoms with Crippen molar-refractivity contribution in [2.24, 2.45) is 0 Å². The quantitative estimate of drug-likeness (QED) is 0.393. The summed E-state index contributed by atoms with van der Waals surface area (Å²) in [4.78, 5) is 4.52. The fourth-order valence-corrected chi connectivity index (χ4v) is 3.35. The summed E-state index contributed by atoms with van der Waals surface area (Å²) in [5.41, 5.74) is 5.62. The molecule has 0 aliphatic heterocycles. The van der Waals surface area contributed by atoms with Crippen molar-refractivity contribution in [3.8, 4) is 11.6 Å². The maximum absolute atomic E-state index is 9.73. The molecule has 0 atom stereocenters. The van der Waals surface area contributed by atoms with Crippen LogP contribution >= 0.6 is 0 Å². The molecule has 2 aromatic carbocycles. The SMILES string of the molecule is CC/C(=C(\c1ccc(O)cc1)c1ccc(OCCCNC)nc1)c1ccccc1. The molecule has 0 fully saturated rings. The number of allylic oxidation sites excluding steroid dienone is 1. The number of aromatic hydroxyl groups is 1. The second kappa shape index (κ2) is 10.4. The molecule has 3 rings (SSSR count). The van der Waals surface area contributed by atoms with E-state index in [0.29, 0.717) is 12.5 Å². The van der Waals surface area contributed by atoms with Gasteiger partial charge in [0.1, 0.15) is 5.75 Å². The Kier molecular flexibility index (Phi) is 7.42. The normalized spacial score (nSPS) is 11.8. The average Bonchev–Trinajstić information content (AvgIpc) is 2.77. The molecule has 0 spiro atoms. The van der Waals surface area contributed by atoms with Gasteiger partial charge in [0.15, 0.2) is 0 Å². The second-order valence-electron chi connectivity index (χ2n) is 6.81. The lowest BCUT2D eigenvalue weighted by molar-refractivity contribution is 0.298. The summed E-state index contributed by atoms with van der Waals surface area (Å²) in [6.07, 6.45) is 3.68. The van der Waals surface area contributed by atoms with Crippen LogP contribution in [0.4, 0.5) is 0 Å². The van der Waals surface area contributed by atoms with Crippen LogP contribution in [0.1, 0.15) is 36.5 Å². The first-order chi connectivity index (χ1) is 14.2. The topological polar surface area (TPSA) is 54.4 Å². The van der Waals surface area contributed by atoms with E-state index in [2.05, 4.69) is 47.6 Å². The molecule has 0 aliphatic rings. The van der Waals surface area contributed by atoms with Gasteiger partial charge in [0.25, 0.3) is 0 Å². The minimum Gasteiger partial charge on any atom is -0.508 e. The van der Waals surface area contributed by atoms with Crippen LogP contribution in [0.15, 0.2) is 72.9 Å². The summed E-state index contributed by atoms with van der Waals surface area (Å²) in [6.45, 7) is 3.72. The summed E-state index contributed by atoms with van der Waals surface area (Å²) in [5.74, 6) is 0.891.